The molecule has 4 nitrogen and oxygen atoms in total. The number of carboxylic acid groups (broad SMARTS) is 1. The highest BCUT2D eigenvalue weighted by molar-refractivity contribution is 5.89. The van der Waals surface area contributed by atoms with Crippen LogP contribution in [-0.2, 0) is 6.42 Å². The lowest BCUT2D eigenvalue weighted by Gasteiger charge is -2.02. The van der Waals surface area contributed by atoms with Crippen LogP contribution in [0.3, 0.4) is 0 Å². The number of aromatic carboxylic acids is 1. The van der Waals surface area contributed by atoms with Gasteiger partial charge >= 0.3 is 5.97 Å². The van der Waals surface area contributed by atoms with Crippen LogP contribution in [0.5, 0.6) is 0 Å². The molecule has 2 aromatic carbocycles. The van der Waals surface area contributed by atoms with Crippen molar-refractivity contribution in [1.29, 1.82) is 0 Å². The number of carbonyl (C=O) groups is 1. The van der Waals surface area contributed by atoms with E-state index in [0.717, 1.165) is 27.9 Å². The number of benzene rings is 2. The number of furan rings is 1. The Morgan fingerprint density at radius 2 is 1.81 bits per heavy atom. The fraction of sp³-hybridized carbons (Fsp3) is 0.136. The van der Waals surface area contributed by atoms with Gasteiger partial charge in [-0.3, -0.25) is 0 Å². The van der Waals surface area contributed by atoms with Crippen molar-refractivity contribution in [3.05, 3.63) is 71.0 Å². The molecule has 0 aliphatic carbocycles. The lowest BCUT2D eigenvalue weighted by atomic mass is 10.0. The lowest BCUT2D eigenvalue weighted by molar-refractivity contribution is 0.0697. The Morgan fingerprint density at radius 3 is 2.48 bits per heavy atom. The number of nitrogens with one attached hydrogen (secondary N) is 1. The molecule has 4 aromatic rings. The predicted octanol–water partition coefficient (Wildman–Crippen LogP) is 5.80. The second-order valence-corrected chi connectivity index (χ2v) is 6.52. The van der Waals surface area contributed by atoms with Crippen molar-refractivity contribution in [1.82, 2.24) is 4.98 Å². The van der Waals surface area contributed by atoms with Crippen molar-refractivity contribution < 1.29 is 18.7 Å². The van der Waals surface area contributed by atoms with Crippen LogP contribution in [0.25, 0.3) is 33.7 Å². The number of hydrogen-bond donors (Lipinski definition) is 2. The Hall–Kier alpha value is -3.34. The summed E-state index contributed by atoms with van der Waals surface area (Å²) < 4.78 is 20.2. The Morgan fingerprint density at radius 1 is 1.11 bits per heavy atom. The van der Waals surface area contributed by atoms with Crippen LogP contribution >= 0.6 is 0 Å². The maximum absolute atomic E-state index is 14.1. The summed E-state index contributed by atoms with van der Waals surface area (Å²) in [5.41, 5.74) is 4.88. The number of halogens is 1. The topological polar surface area (TPSA) is 66.2 Å². The lowest BCUT2D eigenvalue weighted by Crippen LogP contribution is -1.94. The molecule has 27 heavy (non-hydrogen) atoms. The zero-order chi connectivity index (χ0) is 19.1. The molecule has 0 amide bonds. The molecule has 2 aromatic heterocycles. The van der Waals surface area contributed by atoms with Crippen molar-refractivity contribution in [2.75, 3.05) is 0 Å². The molecule has 0 fully saturated rings. The number of carboxylic acids is 1. The summed E-state index contributed by atoms with van der Waals surface area (Å²) in [7, 11) is 0. The molecule has 0 aliphatic rings. The van der Waals surface area contributed by atoms with E-state index in [1.54, 1.807) is 31.2 Å². The molecule has 2 N–H and O–H groups in total. The SMILES string of the molecule is CCc1cc(F)c(C)c2cc(-c3ccc(-c4ccc(C(=O)O)cc4)[nH]3)oc12. The Bertz CT molecular complexity index is 1150. The van der Waals surface area contributed by atoms with Crippen LogP contribution in [0.1, 0.15) is 28.4 Å². The first kappa shape index (κ1) is 17.1. The Kier molecular flexibility index (Phi) is 4.07. The zero-order valence-electron chi connectivity index (χ0n) is 15.0. The molecule has 5 heteroatoms. The average Bonchev–Trinajstić information content (AvgIpc) is 3.32. The summed E-state index contributed by atoms with van der Waals surface area (Å²) >= 11 is 0. The predicted molar refractivity (Wildman–Crippen MR) is 102 cm³/mol. The molecular weight excluding hydrogens is 345 g/mol. The number of rotatable bonds is 4. The zero-order valence-corrected chi connectivity index (χ0v) is 15.0. The molecule has 0 bridgehead atoms. The highest BCUT2D eigenvalue weighted by atomic mass is 19.1. The highest BCUT2D eigenvalue weighted by Crippen LogP contribution is 2.34. The molecule has 0 aliphatic heterocycles. The molecule has 0 saturated heterocycles. The number of aryl methyl sites for hydroxylation is 2. The molecule has 0 unspecified atom stereocenters. The van der Waals surface area contributed by atoms with Gasteiger partial charge in [-0.2, -0.15) is 0 Å². The molecule has 0 radical (unpaired) electrons. The number of H-pyrrole nitrogens is 1. The fourth-order valence-corrected chi connectivity index (χ4v) is 3.26. The van der Waals surface area contributed by atoms with E-state index in [2.05, 4.69) is 4.98 Å². The molecule has 0 saturated carbocycles. The van der Waals surface area contributed by atoms with E-state index in [1.165, 1.54) is 6.07 Å². The molecular formula is C22H18FNO3. The summed E-state index contributed by atoms with van der Waals surface area (Å²) in [5, 5.41) is 9.79. The standard InChI is InChI=1S/C22H18FNO3/c1-3-13-10-17(23)12(2)16-11-20(27-21(13)16)19-9-8-18(24-19)14-4-6-15(7-5-14)22(25)26/h4-11,24H,3H2,1-2H3,(H,25,26). The first-order valence-electron chi connectivity index (χ1n) is 8.72. The third kappa shape index (κ3) is 2.91. The minimum Gasteiger partial charge on any atom is -0.478 e. The van der Waals surface area contributed by atoms with Crippen LogP contribution in [-0.4, -0.2) is 16.1 Å². The van der Waals surface area contributed by atoms with Gasteiger partial charge in [0.25, 0.3) is 0 Å². The normalized spacial score (nSPS) is 11.2. The smallest absolute Gasteiger partial charge is 0.335 e. The van der Waals surface area contributed by atoms with Gasteiger partial charge in [-0.1, -0.05) is 19.1 Å². The minimum atomic E-state index is -0.953. The fourth-order valence-electron chi connectivity index (χ4n) is 3.26. The van der Waals surface area contributed by atoms with Crippen molar-refractivity contribution in [2.45, 2.75) is 20.3 Å². The average molecular weight is 363 g/mol. The Labute approximate surface area is 155 Å². The second-order valence-electron chi connectivity index (χ2n) is 6.52. The molecule has 4 rings (SSSR count). The number of hydrogen-bond acceptors (Lipinski definition) is 2. The van der Waals surface area contributed by atoms with Crippen molar-refractivity contribution >= 4 is 16.9 Å². The van der Waals surface area contributed by atoms with E-state index in [9.17, 15) is 9.18 Å². The maximum atomic E-state index is 14.1. The van der Waals surface area contributed by atoms with Crippen molar-refractivity contribution in [3.63, 3.8) is 0 Å². The first-order chi connectivity index (χ1) is 13.0. The van der Waals surface area contributed by atoms with E-state index in [4.69, 9.17) is 9.52 Å². The summed E-state index contributed by atoms with van der Waals surface area (Å²) in [6, 6.07) is 13.9. The molecule has 2 heterocycles. The third-order valence-electron chi connectivity index (χ3n) is 4.86. The largest absolute Gasteiger partial charge is 0.478 e. The monoisotopic (exact) mass is 363 g/mol. The summed E-state index contributed by atoms with van der Waals surface area (Å²) in [4.78, 5) is 14.3. The van der Waals surface area contributed by atoms with E-state index in [0.29, 0.717) is 23.3 Å². The molecule has 0 spiro atoms. The number of aromatic nitrogens is 1. The number of aromatic amines is 1. The van der Waals surface area contributed by atoms with Crippen molar-refractivity contribution in [3.8, 4) is 22.7 Å². The third-order valence-corrected chi connectivity index (χ3v) is 4.86. The van der Waals surface area contributed by atoms with Crippen LogP contribution < -0.4 is 0 Å². The van der Waals surface area contributed by atoms with Crippen molar-refractivity contribution in [2.24, 2.45) is 0 Å². The van der Waals surface area contributed by atoms with Gasteiger partial charge < -0.3 is 14.5 Å². The molecule has 0 atom stereocenters. The van der Waals surface area contributed by atoms with Gasteiger partial charge in [0.05, 0.1) is 11.3 Å². The first-order valence-corrected chi connectivity index (χ1v) is 8.72. The summed E-state index contributed by atoms with van der Waals surface area (Å²) in [6.45, 7) is 3.72. The molecule has 136 valence electrons. The quantitative estimate of drug-likeness (QED) is 0.481. The number of fused-ring (bicyclic) bond motifs is 1. The van der Waals surface area contributed by atoms with Crippen LogP contribution in [0.4, 0.5) is 4.39 Å². The van der Waals surface area contributed by atoms with Gasteiger partial charge in [0, 0.05) is 11.1 Å². The second kappa shape index (κ2) is 6.43. The van der Waals surface area contributed by atoms with Gasteiger partial charge in [0.1, 0.15) is 11.4 Å². The van der Waals surface area contributed by atoms with Crippen LogP contribution in [0, 0.1) is 12.7 Å². The van der Waals surface area contributed by atoms with Gasteiger partial charge in [0.15, 0.2) is 5.76 Å². The highest BCUT2D eigenvalue weighted by Gasteiger charge is 2.16. The summed E-state index contributed by atoms with van der Waals surface area (Å²) in [6.07, 6.45) is 0.687. The van der Waals surface area contributed by atoms with Crippen LogP contribution in [0.2, 0.25) is 0 Å². The summed E-state index contributed by atoms with van der Waals surface area (Å²) in [5.74, 6) is -0.537. The Balaban J connectivity index is 1.75. The van der Waals surface area contributed by atoms with Gasteiger partial charge in [-0.15, -0.1) is 0 Å². The van der Waals surface area contributed by atoms with Gasteiger partial charge in [0.2, 0.25) is 0 Å². The minimum absolute atomic E-state index is 0.225. The van der Waals surface area contributed by atoms with Crippen LogP contribution in [0.15, 0.2) is 52.9 Å². The maximum Gasteiger partial charge on any atom is 0.335 e. The van der Waals surface area contributed by atoms with E-state index in [1.807, 2.05) is 25.1 Å². The van der Waals surface area contributed by atoms with E-state index < -0.39 is 5.97 Å². The van der Waals surface area contributed by atoms with Gasteiger partial charge in [-0.05, 0) is 66.4 Å². The van der Waals surface area contributed by atoms with E-state index >= 15 is 0 Å². The van der Waals surface area contributed by atoms with E-state index in [-0.39, 0.29) is 11.4 Å². The van der Waals surface area contributed by atoms with Gasteiger partial charge in [-0.25, -0.2) is 9.18 Å².